The fourth-order valence-corrected chi connectivity index (χ4v) is 1.06. The number of phenolic OH excluding ortho intramolecular Hbond substituents is 2. The Hall–Kier alpha value is -2.48. The fourth-order valence-electron chi connectivity index (χ4n) is 1.06. The maximum Gasteiger partial charge on any atom is 0.242 e. The molecule has 0 heterocycles. The van der Waals surface area contributed by atoms with Crippen molar-refractivity contribution in [3.05, 3.63) is 29.8 Å². The van der Waals surface area contributed by atoms with Gasteiger partial charge in [-0.2, -0.15) is 5.26 Å². The van der Waals surface area contributed by atoms with E-state index in [0.29, 0.717) is 0 Å². The molecular formula is C10H8N2O3. The van der Waals surface area contributed by atoms with Crippen LogP contribution in [0.1, 0.15) is 5.56 Å². The van der Waals surface area contributed by atoms with Gasteiger partial charge in [0.25, 0.3) is 0 Å². The Morgan fingerprint density at radius 3 is 2.60 bits per heavy atom. The van der Waals surface area contributed by atoms with Crippen molar-refractivity contribution in [3.63, 3.8) is 0 Å². The summed E-state index contributed by atoms with van der Waals surface area (Å²) in [4.78, 5) is 10.6. The zero-order valence-corrected chi connectivity index (χ0v) is 7.64. The lowest BCUT2D eigenvalue weighted by Crippen LogP contribution is -2.06. The number of benzene rings is 1. The molecule has 0 bridgehead atoms. The average molecular weight is 204 g/mol. The summed E-state index contributed by atoms with van der Waals surface area (Å²) in [6.07, 6.45) is 0.909. The zero-order valence-electron chi connectivity index (χ0n) is 7.64. The number of aromatic hydroxyl groups is 2. The molecular weight excluding hydrogens is 196 g/mol. The lowest BCUT2D eigenvalue weighted by Gasteiger charge is -2.02. The van der Waals surface area contributed by atoms with Crippen molar-refractivity contribution in [2.24, 2.45) is 5.73 Å². The molecule has 1 rings (SSSR count). The van der Waals surface area contributed by atoms with Crippen LogP contribution in [0.4, 0.5) is 0 Å². The molecule has 0 aromatic heterocycles. The average Bonchev–Trinajstić information content (AvgIpc) is 2.14. The van der Waals surface area contributed by atoms with Gasteiger partial charge in [0.1, 0.15) is 17.6 Å². The first-order chi connectivity index (χ1) is 7.04. The van der Waals surface area contributed by atoms with Crippen molar-refractivity contribution in [2.45, 2.75) is 0 Å². The number of hydrogen-bond acceptors (Lipinski definition) is 4. The van der Waals surface area contributed by atoms with E-state index >= 15 is 0 Å². The number of hydrogen-bond donors (Lipinski definition) is 3. The van der Waals surface area contributed by atoms with Crippen molar-refractivity contribution < 1.29 is 15.0 Å². The summed E-state index contributed by atoms with van der Waals surface area (Å²) in [7, 11) is 0. The maximum atomic E-state index is 10.6. The summed E-state index contributed by atoms with van der Waals surface area (Å²) in [6, 6.07) is 5.41. The second-order valence-corrected chi connectivity index (χ2v) is 2.77. The smallest absolute Gasteiger partial charge is 0.242 e. The van der Waals surface area contributed by atoms with Crippen LogP contribution in [0.2, 0.25) is 0 Å². The van der Waals surface area contributed by atoms with Gasteiger partial charge < -0.3 is 15.9 Å². The molecule has 0 radical (unpaired) electrons. The molecule has 76 valence electrons. The van der Waals surface area contributed by atoms with Crippen molar-refractivity contribution in [1.82, 2.24) is 0 Å². The first-order valence-electron chi connectivity index (χ1n) is 3.98. The molecule has 0 aliphatic rings. The molecule has 0 saturated heterocycles. The maximum absolute atomic E-state index is 10.6. The molecule has 0 spiro atoms. The van der Waals surface area contributed by atoms with E-state index in [9.17, 15) is 9.90 Å². The summed E-state index contributed by atoms with van der Waals surface area (Å²) in [5.74, 6) is -1.20. The predicted molar refractivity (Wildman–Crippen MR) is 52.6 cm³/mol. The molecule has 5 nitrogen and oxygen atoms in total. The Morgan fingerprint density at radius 1 is 1.47 bits per heavy atom. The minimum atomic E-state index is -0.779. The van der Waals surface area contributed by atoms with Gasteiger partial charge in [-0.25, -0.2) is 0 Å². The van der Waals surface area contributed by atoms with Crippen molar-refractivity contribution in [3.8, 4) is 17.6 Å². The first kappa shape index (κ1) is 10.6. The number of rotatable bonds is 2. The lowest BCUT2D eigenvalue weighted by atomic mass is 10.1. The van der Waals surface area contributed by atoms with Gasteiger partial charge >= 0.3 is 0 Å². The Morgan fingerprint density at radius 2 is 2.13 bits per heavy atom. The van der Waals surface area contributed by atoms with Gasteiger partial charge in [0.15, 0.2) is 0 Å². The van der Waals surface area contributed by atoms with Crippen LogP contribution in [0, 0.1) is 11.3 Å². The summed E-state index contributed by atoms with van der Waals surface area (Å²) < 4.78 is 0. The highest BCUT2D eigenvalue weighted by atomic mass is 16.3. The van der Waals surface area contributed by atoms with Crippen LogP contribution in [0.15, 0.2) is 24.3 Å². The topological polar surface area (TPSA) is 107 Å². The number of nitrogens with two attached hydrogens (primary N) is 1. The van der Waals surface area contributed by atoms with Crippen LogP contribution in [0.25, 0.3) is 5.57 Å². The van der Waals surface area contributed by atoms with Gasteiger partial charge in [-0.05, 0) is 12.1 Å². The van der Waals surface area contributed by atoms with Crippen molar-refractivity contribution in [2.75, 3.05) is 0 Å². The number of nitriles is 1. The van der Waals surface area contributed by atoms with E-state index in [1.54, 1.807) is 6.07 Å². The third-order valence-corrected chi connectivity index (χ3v) is 1.68. The second-order valence-electron chi connectivity index (χ2n) is 2.77. The van der Waals surface area contributed by atoms with Crippen molar-refractivity contribution >= 4 is 11.5 Å². The SMILES string of the molecule is N#CC(=CC(N)=O)c1ccc(O)cc1O. The number of carbonyl (C=O) groups excluding carboxylic acids is 1. The summed E-state index contributed by atoms with van der Waals surface area (Å²) in [5.41, 5.74) is 4.98. The molecule has 1 aromatic carbocycles. The number of allylic oxidation sites excluding steroid dienone is 1. The number of nitrogens with zero attached hydrogens (tertiary/aromatic N) is 1. The van der Waals surface area contributed by atoms with E-state index in [1.165, 1.54) is 12.1 Å². The Balaban J connectivity index is 3.27. The second kappa shape index (κ2) is 4.15. The van der Waals surface area contributed by atoms with Gasteiger partial charge in [-0.15, -0.1) is 0 Å². The summed E-state index contributed by atoms with van der Waals surface area (Å²) in [5, 5.41) is 27.1. The number of primary amides is 1. The molecule has 1 amide bonds. The highest BCUT2D eigenvalue weighted by molar-refractivity contribution is 5.98. The monoisotopic (exact) mass is 204 g/mol. The number of amides is 1. The highest BCUT2D eigenvalue weighted by Crippen LogP contribution is 2.28. The Labute approximate surface area is 85.7 Å². The molecule has 1 aromatic rings. The predicted octanol–water partition coefficient (Wildman–Crippen LogP) is 0.490. The molecule has 0 aliphatic heterocycles. The Kier molecular flexibility index (Phi) is 2.94. The van der Waals surface area contributed by atoms with Gasteiger partial charge in [-0.1, -0.05) is 0 Å². The lowest BCUT2D eigenvalue weighted by molar-refractivity contribution is -0.113. The molecule has 0 saturated carbocycles. The standard InChI is InChI=1S/C10H8N2O3/c11-5-6(3-10(12)15)8-2-1-7(13)4-9(8)14/h1-4,13-14H,(H2,12,15). The third kappa shape index (κ3) is 2.48. The van der Waals surface area contributed by atoms with Gasteiger partial charge in [0, 0.05) is 17.7 Å². The van der Waals surface area contributed by atoms with E-state index in [4.69, 9.17) is 16.1 Å². The van der Waals surface area contributed by atoms with Crippen molar-refractivity contribution in [1.29, 1.82) is 5.26 Å². The Bertz CT molecular complexity index is 472. The van der Waals surface area contributed by atoms with E-state index in [1.807, 2.05) is 0 Å². The first-order valence-corrected chi connectivity index (χ1v) is 3.98. The zero-order chi connectivity index (χ0) is 11.4. The number of carbonyl (C=O) groups is 1. The molecule has 0 aliphatic carbocycles. The summed E-state index contributed by atoms with van der Waals surface area (Å²) in [6.45, 7) is 0. The molecule has 0 atom stereocenters. The van der Waals surface area contributed by atoms with E-state index in [-0.39, 0.29) is 22.6 Å². The molecule has 0 fully saturated rings. The molecule has 15 heavy (non-hydrogen) atoms. The largest absolute Gasteiger partial charge is 0.508 e. The van der Waals surface area contributed by atoms with E-state index in [0.717, 1.165) is 12.1 Å². The molecule has 0 unspecified atom stereocenters. The van der Waals surface area contributed by atoms with Crippen LogP contribution < -0.4 is 5.73 Å². The van der Waals surface area contributed by atoms with Crippen LogP contribution >= 0.6 is 0 Å². The van der Waals surface area contributed by atoms with Crippen LogP contribution in [-0.4, -0.2) is 16.1 Å². The van der Waals surface area contributed by atoms with Gasteiger partial charge in [-0.3, -0.25) is 4.79 Å². The van der Waals surface area contributed by atoms with Gasteiger partial charge in [0.05, 0.1) is 5.57 Å². The fraction of sp³-hybridized carbons (Fsp3) is 0. The molecule has 4 N–H and O–H groups in total. The van der Waals surface area contributed by atoms with Crippen LogP contribution in [-0.2, 0) is 4.79 Å². The van der Waals surface area contributed by atoms with Crippen LogP contribution in [0.5, 0.6) is 11.5 Å². The van der Waals surface area contributed by atoms with E-state index in [2.05, 4.69) is 0 Å². The molecule has 5 heteroatoms. The third-order valence-electron chi connectivity index (χ3n) is 1.68. The van der Waals surface area contributed by atoms with E-state index < -0.39 is 5.91 Å². The summed E-state index contributed by atoms with van der Waals surface area (Å²) >= 11 is 0. The van der Waals surface area contributed by atoms with Gasteiger partial charge in [0.2, 0.25) is 5.91 Å². The minimum Gasteiger partial charge on any atom is -0.508 e. The highest BCUT2D eigenvalue weighted by Gasteiger charge is 2.08. The number of phenols is 2. The minimum absolute atomic E-state index is 0.0556. The van der Waals surface area contributed by atoms with Crippen LogP contribution in [0.3, 0.4) is 0 Å². The quantitative estimate of drug-likeness (QED) is 0.481. The normalized spacial score (nSPS) is 10.7.